The molecule has 0 aromatic rings. The van der Waals surface area contributed by atoms with E-state index < -0.39 is 0 Å². The van der Waals surface area contributed by atoms with Crippen LogP contribution < -0.4 is 5.73 Å². The third-order valence-electron chi connectivity index (χ3n) is 0.553. The van der Waals surface area contributed by atoms with Gasteiger partial charge in [0.2, 0.25) is 0 Å². The Morgan fingerprint density at radius 3 is 2.29 bits per heavy atom. The van der Waals surface area contributed by atoms with Gasteiger partial charge in [0.1, 0.15) is 0 Å². The van der Waals surface area contributed by atoms with E-state index in [-0.39, 0.29) is 12.4 Å². The second kappa shape index (κ2) is 9.51. The summed E-state index contributed by atoms with van der Waals surface area (Å²) in [6.45, 7) is 1.52. The molecule has 0 aromatic heterocycles. The topological polar surface area (TPSA) is 35.2 Å². The first-order chi connectivity index (χ1) is 2.91. The van der Waals surface area contributed by atoms with E-state index in [9.17, 15) is 0 Å². The van der Waals surface area contributed by atoms with E-state index in [0.29, 0.717) is 0 Å². The summed E-state index contributed by atoms with van der Waals surface area (Å²) in [5, 5.41) is 0. The standard InChI is InChI=1S/C4H11NO.ClH/c1-6-4-2-3-5;/h2-5H2,1H3;1H. The molecule has 0 heterocycles. The number of ether oxygens (including phenoxy) is 1. The maximum atomic E-state index is 5.13. The van der Waals surface area contributed by atoms with E-state index in [4.69, 9.17) is 10.5 Å². The van der Waals surface area contributed by atoms with Gasteiger partial charge in [-0.05, 0) is 13.0 Å². The highest BCUT2D eigenvalue weighted by Crippen LogP contribution is 1.70. The van der Waals surface area contributed by atoms with Crippen molar-refractivity contribution in [2.75, 3.05) is 20.3 Å². The molecule has 0 aromatic carbocycles. The molecule has 0 aliphatic heterocycles. The third kappa shape index (κ3) is 10.7. The maximum Gasteiger partial charge on any atom is 0.0474 e. The summed E-state index contributed by atoms with van der Waals surface area (Å²) in [6, 6.07) is 0. The van der Waals surface area contributed by atoms with Gasteiger partial charge in [-0.3, -0.25) is 0 Å². The van der Waals surface area contributed by atoms with Crippen molar-refractivity contribution < 1.29 is 4.74 Å². The van der Waals surface area contributed by atoms with E-state index in [1.165, 1.54) is 0 Å². The first kappa shape index (κ1) is 10.2. The molecule has 0 spiro atoms. The van der Waals surface area contributed by atoms with Crippen molar-refractivity contribution in [2.24, 2.45) is 5.73 Å². The van der Waals surface area contributed by atoms with Crippen LogP contribution in [-0.4, -0.2) is 20.3 Å². The second-order valence-corrected chi connectivity index (χ2v) is 1.14. The van der Waals surface area contributed by atoms with E-state index in [0.717, 1.165) is 19.6 Å². The van der Waals surface area contributed by atoms with E-state index in [2.05, 4.69) is 0 Å². The van der Waals surface area contributed by atoms with Crippen LogP contribution >= 0.6 is 12.4 Å². The van der Waals surface area contributed by atoms with Crippen molar-refractivity contribution in [3.63, 3.8) is 0 Å². The number of nitrogens with two attached hydrogens (primary N) is 1. The molecule has 0 atom stereocenters. The molecule has 0 fully saturated rings. The molecular weight excluding hydrogens is 114 g/mol. The molecule has 3 heteroatoms. The van der Waals surface area contributed by atoms with Gasteiger partial charge in [-0.1, -0.05) is 0 Å². The number of halogens is 1. The fourth-order valence-electron chi connectivity index (χ4n) is 0.228. The molecule has 0 bridgehead atoms. The zero-order chi connectivity index (χ0) is 4.83. The van der Waals surface area contributed by atoms with Gasteiger partial charge in [-0.15, -0.1) is 12.4 Å². The van der Waals surface area contributed by atoms with Crippen molar-refractivity contribution in [3.05, 3.63) is 0 Å². The van der Waals surface area contributed by atoms with E-state index in [1.807, 2.05) is 0 Å². The first-order valence-corrected chi connectivity index (χ1v) is 2.11. The number of rotatable bonds is 3. The van der Waals surface area contributed by atoms with Gasteiger partial charge in [0.15, 0.2) is 0 Å². The first-order valence-electron chi connectivity index (χ1n) is 2.11. The molecule has 46 valence electrons. The lowest BCUT2D eigenvalue weighted by Crippen LogP contribution is -2.01. The van der Waals surface area contributed by atoms with Gasteiger partial charge in [-0.25, -0.2) is 0 Å². The summed E-state index contributed by atoms with van der Waals surface area (Å²) in [6.07, 6.45) is 0.969. The Hall–Kier alpha value is 0.210. The fourth-order valence-corrected chi connectivity index (χ4v) is 0.228. The van der Waals surface area contributed by atoms with Gasteiger partial charge in [0.05, 0.1) is 0 Å². The van der Waals surface area contributed by atoms with Gasteiger partial charge >= 0.3 is 0 Å². The van der Waals surface area contributed by atoms with Crippen LogP contribution in [0.4, 0.5) is 0 Å². The average Bonchev–Trinajstić information content (AvgIpc) is 1.61. The molecule has 0 saturated heterocycles. The average molecular weight is 126 g/mol. The van der Waals surface area contributed by atoms with Crippen molar-refractivity contribution in [3.8, 4) is 0 Å². The summed E-state index contributed by atoms with van der Waals surface area (Å²) >= 11 is 0. The Morgan fingerprint density at radius 2 is 2.14 bits per heavy atom. The predicted octanol–water partition coefficient (Wildman–Crippen LogP) is 0.403. The van der Waals surface area contributed by atoms with Crippen LogP contribution in [0.25, 0.3) is 0 Å². The SMILES string of the molecule is COCCCN.Cl. The van der Waals surface area contributed by atoms with Crippen molar-refractivity contribution >= 4 is 12.4 Å². The number of methoxy groups -OCH3 is 1. The van der Waals surface area contributed by atoms with Crippen LogP contribution in [0.3, 0.4) is 0 Å². The van der Waals surface area contributed by atoms with Crippen molar-refractivity contribution in [2.45, 2.75) is 6.42 Å². The normalized spacial score (nSPS) is 7.71. The van der Waals surface area contributed by atoms with E-state index >= 15 is 0 Å². The van der Waals surface area contributed by atoms with Crippen LogP contribution in [0.15, 0.2) is 0 Å². The zero-order valence-corrected chi connectivity index (χ0v) is 5.33. The molecule has 0 amide bonds. The molecule has 0 aliphatic rings. The Bertz CT molecular complexity index is 23.7. The maximum absolute atomic E-state index is 5.13. The minimum atomic E-state index is 0. The zero-order valence-electron chi connectivity index (χ0n) is 4.52. The monoisotopic (exact) mass is 125 g/mol. The van der Waals surface area contributed by atoms with Crippen LogP contribution in [-0.2, 0) is 4.74 Å². The quantitative estimate of drug-likeness (QED) is 0.555. The van der Waals surface area contributed by atoms with Gasteiger partial charge in [0.25, 0.3) is 0 Å². The third-order valence-corrected chi connectivity index (χ3v) is 0.553. The lowest BCUT2D eigenvalue weighted by Gasteiger charge is -1.89. The molecule has 2 nitrogen and oxygen atoms in total. The summed E-state index contributed by atoms with van der Waals surface area (Å²) in [5.74, 6) is 0. The van der Waals surface area contributed by atoms with Crippen LogP contribution in [0.1, 0.15) is 6.42 Å². The smallest absolute Gasteiger partial charge is 0.0474 e. The van der Waals surface area contributed by atoms with Gasteiger partial charge in [0, 0.05) is 13.7 Å². The lowest BCUT2D eigenvalue weighted by atomic mass is 10.5. The summed E-state index contributed by atoms with van der Waals surface area (Å²) < 4.78 is 4.70. The lowest BCUT2D eigenvalue weighted by molar-refractivity contribution is 0.197. The molecular formula is C4H12ClNO. The van der Waals surface area contributed by atoms with Crippen molar-refractivity contribution in [1.82, 2.24) is 0 Å². The van der Waals surface area contributed by atoms with E-state index in [1.54, 1.807) is 7.11 Å². The molecule has 0 rings (SSSR count). The second-order valence-electron chi connectivity index (χ2n) is 1.14. The molecule has 2 N–H and O–H groups in total. The highest BCUT2D eigenvalue weighted by atomic mass is 35.5. The van der Waals surface area contributed by atoms with Crippen molar-refractivity contribution in [1.29, 1.82) is 0 Å². The Labute approximate surface area is 50.4 Å². The van der Waals surface area contributed by atoms with Gasteiger partial charge < -0.3 is 10.5 Å². The Balaban J connectivity index is 0. The summed E-state index contributed by atoms with van der Waals surface area (Å²) in [4.78, 5) is 0. The minimum absolute atomic E-state index is 0. The number of hydrogen-bond donors (Lipinski definition) is 1. The largest absolute Gasteiger partial charge is 0.385 e. The molecule has 0 aliphatic carbocycles. The summed E-state index contributed by atoms with van der Waals surface area (Å²) in [5.41, 5.74) is 5.13. The molecule has 0 radical (unpaired) electrons. The van der Waals surface area contributed by atoms with Crippen LogP contribution in [0.5, 0.6) is 0 Å². The summed E-state index contributed by atoms with van der Waals surface area (Å²) in [7, 11) is 1.68. The highest BCUT2D eigenvalue weighted by Gasteiger charge is 1.74. The van der Waals surface area contributed by atoms with Gasteiger partial charge in [-0.2, -0.15) is 0 Å². The predicted molar refractivity (Wildman–Crippen MR) is 32.8 cm³/mol. The highest BCUT2D eigenvalue weighted by molar-refractivity contribution is 5.85. The Kier molecular flexibility index (Phi) is 13.9. The van der Waals surface area contributed by atoms with Crippen LogP contribution in [0.2, 0.25) is 0 Å². The fraction of sp³-hybridized carbons (Fsp3) is 1.00. The molecule has 0 saturated carbocycles. The molecule has 7 heavy (non-hydrogen) atoms. The minimum Gasteiger partial charge on any atom is -0.385 e. The molecule has 0 unspecified atom stereocenters. The Morgan fingerprint density at radius 1 is 1.57 bits per heavy atom. The van der Waals surface area contributed by atoms with Crippen LogP contribution in [0, 0.1) is 0 Å². The number of hydrogen-bond acceptors (Lipinski definition) is 2.